The van der Waals surface area contributed by atoms with Gasteiger partial charge >= 0.3 is 0 Å². The normalized spacial score (nSPS) is 21.1. The number of nitrogens with zero attached hydrogens (tertiary/aromatic N) is 6. The second-order valence-electron chi connectivity index (χ2n) is 6.07. The monoisotopic (exact) mass is 348 g/mol. The fourth-order valence-electron chi connectivity index (χ4n) is 3.07. The molecule has 7 nitrogen and oxygen atoms in total. The van der Waals surface area contributed by atoms with Crippen molar-refractivity contribution < 1.29 is 4.74 Å². The van der Waals surface area contributed by atoms with E-state index in [0.717, 1.165) is 30.2 Å². The lowest BCUT2D eigenvalue weighted by atomic mass is 10.1. The molecule has 0 unspecified atom stereocenters. The minimum absolute atomic E-state index is 0. The highest BCUT2D eigenvalue weighted by Crippen LogP contribution is 2.18. The van der Waals surface area contributed by atoms with E-state index in [1.807, 2.05) is 19.1 Å². The Kier molecular flexibility index (Phi) is 5.89. The zero-order chi connectivity index (χ0) is 16.4. The number of morpholine rings is 1. The molecule has 0 spiro atoms. The number of hydrogen-bond acceptors (Lipinski definition) is 6. The number of tetrazole rings is 1. The molecule has 1 aliphatic heterocycles. The van der Waals surface area contributed by atoms with Crippen LogP contribution in [0, 0.1) is 18.3 Å². The number of rotatable bonds is 3. The largest absolute Gasteiger partial charge is 0.373 e. The molecule has 1 aliphatic rings. The van der Waals surface area contributed by atoms with E-state index in [1.54, 1.807) is 10.7 Å². The van der Waals surface area contributed by atoms with Crippen LogP contribution in [0.5, 0.6) is 0 Å². The number of ether oxygens (including phenoxy) is 1. The van der Waals surface area contributed by atoms with E-state index in [4.69, 9.17) is 10.00 Å². The molecule has 0 N–H and O–H groups in total. The van der Waals surface area contributed by atoms with Gasteiger partial charge in [0.2, 0.25) is 0 Å². The maximum atomic E-state index is 8.99. The Morgan fingerprint density at radius 2 is 2.00 bits per heavy atom. The van der Waals surface area contributed by atoms with Crippen molar-refractivity contribution in [1.82, 2.24) is 25.1 Å². The Morgan fingerprint density at radius 1 is 1.29 bits per heavy atom. The fraction of sp³-hybridized carbons (Fsp3) is 0.500. The van der Waals surface area contributed by atoms with Crippen molar-refractivity contribution >= 4 is 12.4 Å². The maximum absolute atomic E-state index is 8.99. The molecular formula is C16H21ClN6O. The summed E-state index contributed by atoms with van der Waals surface area (Å²) in [4.78, 5) is 2.31. The molecule has 128 valence electrons. The quantitative estimate of drug-likeness (QED) is 0.842. The Balaban J connectivity index is 0.00000208. The zero-order valence-electron chi connectivity index (χ0n) is 14.0. The molecule has 1 aromatic heterocycles. The average Bonchev–Trinajstić information content (AvgIpc) is 2.94. The summed E-state index contributed by atoms with van der Waals surface area (Å²) in [7, 11) is 0. The third-order valence-electron chi connectivity index (χ3n) is 3.95. The molecule has 0 aliphatic carbocycles. The summed E-state index contributed by atoms with van der Waals surface area (Å²) < 4.78 is 7.52. The number of aromatic nitrogens is 4. The molecule has 1 saturated heterocycles. The average molecular weight is 349 g/mol. The van der Waals surface area contributed by atoms with E-state index < -0.39 is 0 Å². The van der Waals surface area contributed by atoms with Crippen molar-refractivity contribution in [2.45, 2.75) is 39.5 Å². The van der Waals surface area contributed by atoms with Gasteiger partial charge in [0, 0.05) is 13.1 Å². The van der Waals surface area contributed by atoms with E-state index in [9.17, 15) is 0 Å². The second-order valence-corrected chi connectivity index (χ2v) is 6.07. The van der Waals surface area contributed by atoms with Gasteiger partial charge in [0.1, 0.15) is 0 Å². The van der Waals surface area contributed by atoms with Gasteiger partial charge in [0.05, 0.1) is 36.1 Å². The molecule has 0 saturated carbocycles. The van der Waals surface area contributed by atoms with Gasteiger partial charge in [-0.1, -0.05) is 0 Å². The van der Waals surface area contributed by atoms with E-state index in [0.29, 0.717) is 12.1 Å². The van der Waals surface area contributed by atoms with Crippen LogP contribution in [-0.4, -0.2) is 50.4 Å². The van der Waals surface area contributed by atoms with Gasteiger partial charge in [-0.25, -0.2) is 0 Å². The summed E-state index contributed by atoms with van der Waals surface area (Å²) in [5, 5.41) is 21.1. The first kappa shape index (κ1) is 18.3. The number of hydrogen-bond donors (Lipinski definition) is 0. The molecule has 1 aromatic carbocycles. The summed E-state index contributed by atoms with van der Waals surface area (Å²) in [6.45, 7) is 8.52. The third kappa shape index (κ3) is 3.90. The van der Waals surface area contributed by atoms with E-state index in [2.05, 4.69) is 40.3 Å². The molecule has 24 heavy (non-hydrogen) atoms. The Labute approximate surface area is 147 Å². The van der Waals surface area contributed by atoms with Gasteiger partial charge < -0.3 is 4.74 Å². The summed E-state index contributed by atoms with van der Waals surface area (Å²) in [6.07, 6.45) is 0.416. The predicted octanol–water partition coefficient (Wildman–Crippen LogP) is 1.87. The van der Waals surface area contributed by atoms with E-state index in [-0.39, 0.29) is 24.6 Å². The van der Waals surface area contributed by atoms with Crippen LogP contribution < -0.4 is 0 Å². The van der Waals surface area contributed by atoms with Crippen molar-refractivity contribution in [3.8, 4) is 11.8 Å². The van der Waals surface area contributed by atoms with Crippen LogP contribution in [0.4, 0.5) is 0 Å². The molecular weight excluding hydrogens is 328 g/mol. The summed E-state index contributed by atoms with van der Waals surface area (Å²) in [5.41, 5.74) is 2.51. The van der Waals surface area contributed by atoms with Crippen LogP contribution in [-0.2, 0) is 11.3 Å². The predicted molar refractivity (Wildman–Crippen MR) is 91.1 cm³/mol. The lowest BCUT2D eigenvalue weighted by Crippen LogP contribution is -2.45. The van der Waals surface area contributed by atoms with Crippen LogP contribution >= 0.6 is 12.4 Å². The SMILES string of the molecule is Cc1cc(C#N)ccc1-n1nnnc1CN1C[C@@H](C)O[C@@H](C)C1.Cl. The summed E-state index contributed by atoms with van der Waals surface area (Å²) >= 11 is 0. The number of nitriles is 1. The first-order valence-corrected chi connectivity index (χ1v) is 7.73. The Hall–Kier alpha value is -2.01. The second kappa shape index (κ2) is 7.71. The fourth-order valence-corrected chi connectivity index (χ4v) is 3.07. The molecule has 0 radical (unpaired) electrons. The molecule has 2 heterocycles. The van der Waals surface area contributed by atoms with Crippen LogP contribution in [0.3, 0.4) is 0 Å². The number of aryl methyl sites for hydroxylation is 1. The third-order valence-corrected chi connectivity index (χ3v) is 3.95. The van der Waals surface area contributed by atoms with Crippen LogP contribution in [0.25, 0.3) is 5.69 Å². The zero-order valence-corrected chi connectivity index (χ0v) is 14.8. The molecule has 3 rings (SSSR count). The minimum atomic E-state index is 0. The van der Waals surface area contributed by atoms with Crippen molar-refractivity contribution in [2.75, 3.05) is 13.1 Å². The van der Waals surface area contributed by atoms with Gasteiger partial charge in [-0.05, 0) is 55.0 Å². The highest BCUT2D eigenvalue weighted by molar-refractivity contribution is 5.85. The first-order valence-electron chi connectivity index (χ1n) is 7.73. The number of benzene rings is 1. The van der Waals surface area contributed by atoms with Crippen LogP contribution in [0.1, 0.15) is 30.8 Å². The van der Waals surface area contributed by atoms with Crippen molar-refractivity contribution in [3.63, 3.8) is 0 Å². The van der Waals surface area contributed by atoms with Gasteiger partial charge in [0.25, 0.3) is 0 Å². The lowest BCUT2D eigenvalue weighted by Gasteiger charge is -2.34. The van der Waals surface area contributed by atoms with Crippen molar-refractivity contribution in [1.29, 1.82) is 5.26 Å². The van der Waals surface area contributed by atoms with E-state index >= 15 is 0 Å². The van der Waals surface area contributed by atoms with Crippen molar-refractivity contribution in [3.05, 3.63) is 35.2 Å². The standard InChI is InChI=1S/C16H20N6O.ClH/c1-11-6-14(7-17)4-5-15(11)22-16(18-19-20-22)10-21-8-12(2)23-13(3)9-21;/h4-6,12-13H,8-10H2,1-3H3;1H/t12-,13+;. The highest BCUT2D eigenvalue weighted by atomic mass is 35.5. The van der Waals surface area contributed by atoms with Gasteiger partial charge in [-0.15, -0.1) is 17.5 Å². The molecule has 1 fully saturated rings. The molecule has 8 heteroatoms. The van der Waals surface area contributed by atoms with Crippen LogP contribution in [0.15, 0.2) is 18.2 Å². The van der Waals surface area contributed by atoms with Crippen LogP contribution in [0.2, 0.25) is 0 Å². The summed E-state index contributed by atoms with van der Waals surface area (Å²) in [5.74, 6) is 0.791. The Bertz CT molecular complexity index is 730. The topological polar surface area (TPSA) is 79.9 Å². The summed E-state index contributed by atoms with van der Waals surface area (Å²) in [6, 6.07) is 7.67. The highest BCUT2D eigenvalue weighted by Gasteiger charge is 2.24. The first-order chi connectivity index (χ1) is 11.1. The smallest absolute Gasteiger partial charge is 0.170 e. The molecule has 0 amide bonds. The molecule has 0 bridgehead atoms. The Morgan fingerprint density at radius 3 is 2.62 bits per heavy atom. The molecule has 2 aromatic rings. The van der Waals surface area contributed by atoms with Gasteiger partial charge in [0.15, 0.2) is 5.82 Å². The van der Waals surface area contributed by atoms with E-state index in [1.165, 1.54) is 0 Å². The number of halogens is 1. The maximum Gasteiger partial charge on any atom is 0.170 e. The van der Waals surface area contributed by atoms with Gasteiger partial charge in [-0.3, -0.25) is 4.90 Å². The van der Waals surface area contributed by atoms with Gasteiger partial charge in [-0.2, -0.15) is 9.94 Å². The molecule has 2 atom stereocenters. The minimum Gasteiger partial charge on any atom is -0.373 e. The van der Waals surface area contributed by atoms with Crippen molar-refractivity contribution in [2.24, 2.45) is 0 Å². The lowest BCUT2D eigenvalue weighted by molar-refractivity contribution is -0.0712.